The standard InChI is InChI=1S/C18H18FN3O3S2/c19-13-3-1-4-14(11-13)20-15-5-2-9-22(12-15)27(23,24)18-7-6-17(26-18)16-8-10-25-21-16/h1,3-4,6-8,10-11,15,20H,2,5,9,12H2/t15-/m1/s1. The molecule has 1 aliphatic rings. The lowest BCUT2D eigenvalue weighted by atomic mass is 10.1. The van der Waals surface area contributed by atoms with Gasteiger partial charge in [0.2, 0.25) is 0 Å². The van der Waals surface area contributed by atoms with Crippen LogP contribution in [0.1, 0.15) is 12.8 Å². The third-order valence-electron chi connectivity index (χ3n) is 4.45. The first-order chi connectivity index (χ1) is 13.0. The van der Waals surface area contributed by atoms with Crippen molar-refractivity contribution < 1.29 is 17.3 Å². The fourth-order valence-corrected chi connectivity index (χ4v) is 6.10. The Morgan fingerprint density at radius 3 is 2.93 bits per heavy atom. The lowest BCUT2D eigenvalue weighted by Crippen LogP contribution is -2.44. The molecular weight excluding hydrogens is 389 g/mol. The molecule has 0 aliphatic carbocycles. The van der Waals surface area contributed by atoms with E-state index in [0.29, 0.717) is 24.5 Å². The molecule has 1 fully saturated rings. The van der Waals surface area contributed by atoms with Crippen LogP contribution in [0, 0.1) is 5.82 Å². The first-order valence-corrected chi connectivity index (χ1v) is 10.8. The summed E-state index contributed by atoms with van der Waals surface area (Å²) in [4.78, 5) is 0.744. The molecule has 4 rings (SSSR count). The number of hydrogen-bond donors (Lipinski definition) is 1. The molecule has 0 spiro atoms. The number of thiophene rings is 1. The molecule has 1 saturated heterocycles. The Morgan fingerprint density at radius 1 is 1.26 bits per heavy atom. The first kappa shape index (κ1) is 18.1. The molecule has 142 valence electrons. The van der Waals surface area contributed by atoms with Gasteiger partial charge in [-0.15, -0.1) is 11.3 Å². The van der Waals surface area contributed by atoms with Crippen LogP contribution in [-0.2, 0) is 10.0 Å². The number of rotatable bonds is 5. The number of sulfonamides is 1. The van der Waals surface area contributed by atoms with E-state index in [2.05, 4.69) is 10.5 Å². The van der Waals surface area contributed by atoms with Crippen LogP contribution in [0.25, 0.3) is 10.6 Å². The molecule has 0 unspecified atom stereocenters. The Labute approximate surface area is 160 Å². The van der Waals surface area contributed by atoms with Gasteiger partial charge in [-0.1, -0.05) is 11.2 Å². The third-order valence-corrected chi connectivity index (χ3v) is 7.89. The summed E-state index contributed by atoms with van der Waals surface area (Å²) in [6.07, 6.45) is 3.03. The minimum absolute atomic E-state index is 0.0645. The van der Waals surface area contributed by atoms with Gasteiger partial charge in [0.15, 0.2) is 0 Å². The van der Waals surface area contributed by atoms with Crippen molar-refractivity contribution in [2.24, 2.45) is 0 Å². The molecule has 2 aromatic heterocycles. The second-order valence-corrected chi connectivity index (χ2v) is 9.61. The van der Waals surface area contributed by atoms with Crippen LogP contribution < -0.4 is 5.32 Å². The van der Waals surface area contributed by atoms with Crippen molar-refractivity contribution in [3.05, 3.63) is 54.5 Å². The second-order valence-electron chi connectivity index (χ2n) is 6.36. The van der Waals surface area contributed by atoms with Crippen molar-refractivity contribution >= 4 is 27.0 Å². The van der Waals surface area contributed by atoms with Gasteiger partial charge in [-0.2, -0.15) is 4.31 Å². The second kappa shape index (κ2) is 7.41. The van der Waals surface area contributed by atoms with Crippen LogP contribution >= 0.6 is 11.3 Å². The zero-order chi connectivity index (χ0) is 18.9. The molecule has 1 atom stereocenters. The number of hydrogen-bond acceptors (Lipinski definition) is 6. The normalized spacial score (nSPS) is 18.5. The largest absolute Gasteiger partial charge is 0.381 e. The number of anilines is 1. The van der Waals surface area contributed by atoms with E-state index in [1.807, 2.05) is 0 Å². The van der Waals surface area contributed by atoms with Crippen molar-refractivity contribution in [3.63, 3.8) is 0 Å². The van der Waals surface area contributed by atoms with Crippen LogP contribution in [0.15, 0.2) is 57.5 Å². The predicted molar refractivity (Wildman–Crippen MR) is 102 cm³/mol. The number of nitrogens with zero attached hydrogens (tertiary/aromatic N) is 2. The Bertz CT molecular complexity index is 1020. The maximum atomic E-state index is 13.4. The van der Waals surface area contributed by atoms with E-state index in [4.69, 9.17) is 4.52 Å². The molecule has 0 saturated carbocycles. The molecule has 3 aromatic rings. The smallest absolute Gasteiger partial charge is 0.252 e. The van der Waals surface area contributed by atoms with Gasteiger partial charge in [-0.05, 0) is 43.2 Å². The zero-order valence-corrected chi connectivity index (χ0v) is 16.0. The van der Waals surface area contributed by atoms with E-state index in [-0.39, 0.29) is 16.1 Å². The fraction of sp³-hybridized carbons (Fsp3) is 0.278. The SMILES string of the molecule is O=S(=O)(c1ccc(-c2ccon2)s1)N1CCC[C@@H](Nc2cccc(F)c2)C1. The molecule has 6 nitrogen and oxygen atoms in total. The van der Waals surface area contributed by atoms with E-state index in [0.717, 1.165) is 17.7 Å². The van der Waals surface area contributed by atoms with Gasteiger partial charge < -0.3 is 9.84 Å². The topological polar surface area (TPSA) is 75.4 Å². The average molecular weight is 407 g/mol. The Hall–Kier alpha value is -2.23. The van der Waals surface area contributed by atoms with Crippen LogP contribution in [0.2, 0.25) is 0 Å². The van der Waals surface area contributed by atoms with Gasteiger partial charge in [0.05, 0.1) is 4.88 Å². The van der Waals surface area contributed by atoms with Crippen LogP contribution in [0.3, 0.4) is 0 Å². The van der Waals surface area contributed by atoms with Gasteiger partial charge in [0.1, 0.15) is 22.0 Å². The maximum Gasteiger partial charge on any atom is 0.252 e. The van der Waals surface area contributed by atoms with Crippen molar-refractivity contribution in [2.45, 2.75) is 23.1 Å². The number of piperidine rings is 1. The van der Waals surface area contributed by atoms with Gasteiger partial charge in [-0.3, -0.25) is 0 Å². The number of benzene rings is 1. The van der Waals surface area contributed by atoms with E-state index in [1.165, 1.54) is 34.0 Å². The maximum absolute atomic E-state index is 13.4. The highest BCUT2D eigenvalue weighted by Crippen LogP contribution is 2.32. The van der Waals surface area contributed by atoms with E-state index < -0.39 is 10.0 Å². The van der Waals surface area contributed by atoms with Crippen molar-refractivity contribution in [2.75, 3.05) is 18.4 Å². The molecule has 3 heterocycles. The summed E-state index contributed by atoms with van der Waals surface area (Å²) in [5.74, 6) is -0.320. The van der Waals surface area contributed by atoms with E-state index in [1.54, 1.807) is 30.3 Å². The Kier molecular flexibility index (Phi) is 4.98. The van der Waals surface area contributed by atoms with Gasteiger partial charge in [0, 0.05) is 30.9 Å². The van der Waals surface area contributed by atoms with Crippen LogP contribution in [-0.4, -0.2) is 37.0 Å². The summed E-state index contributed by atoms with van der Waals surface area (Å²) in [6, 6.07) is 11.2. The first-order valence-electron chi connectivity index (χ1n) is 8.55. The highest BCUT2D eigenvalue weighted by atomic mass is 32.2. The summed E-state index contributed by atoms with van der Waals surface area (Å²) < 4.78 is 46.0. The van der Waals surface area contributed by atoms with E-state index in [9.17, 15) is 12.8 Å². The van der Waals surface area contributed by atoms with Crippen molar-refractivity contribution in [1.82, 2.24) is 9.46 Å². The number of halogens is 1. The zero-order valence-electron chi connectivity index (χ0n) is 14.3. The minimum atomic E-state index is -3.59. The summed E-state index contributed by atoms with van der Waals surface area (Å²) in [5.41, 5.74) is 1.27. The summed E-state index contributed by atoms with van der Waals surface area (Å²) in [6.45, 7) is 0.816. The third kappa shape index (κ3) is 3.90. The highest BCUT2D eigenvalue weighted by Gasteiger charge is 2.31. The van der Waals surface area contributed by atoms with Gasteiger partial charge in [0.25, 0.3) is 10.0 Å². The minimum Gasteiger partial charge on any atom is -0.381 e. The average Bonchev–Trinajstić information content (AvgIpc) is 3.34. The molecule has 9 heteroatoms. The molecule has 1 aliphatic heterocycles. The Balaban J connectivity index is 1.50. The summed E-state index contributed by atoms with van der Waals surface area (Å²) in [5, 5.41) is 7.08. The molecular formula is C18H18FN3O3S2. The van der Waals surface area contributed by atoms with Crippen LogP contribution in [0.4, 0.5) is 10.1 Å². The molecule has 0 radical (unpaired) electrons. The quantitative estimate of drug-likeness (QED) is 0.696. The lowest BCUT2D eigenvalue weighted by Gasteiger charge is -2.32. The number of aromatic nitrogens is 1. The molecule has 27 heavy (non-hydrogen) atoms. The van der Waals surface area contributed by atoms with Crippen molar-refractivity contribution in [1.29, 1.82) is 0 Å². The molecule has 0 bridgehead atoms. The summed E-state index contributed by atoms with van der Waals surface area (Å²) >= 11 is 1.18. The monoisotopic (exact) mass is 407 g/mol. The fourth-order valence-electron chi connectivity index (χ4n) is 3.16. The van der Waals surface area contributed by atoms with Gasteiger partial charge >= 0.3 is 0 Å². The molecule has 1 N–H and O–H groups in total. The molecule has 1 aromatic carbocycles. The Morgan fingerprint density at radius 2 is 2.15 bits per heavy atom. The van der Waals surface area contributed by atoms with Gasteiger partial charge in [-0.25, -0.2) is 12.8 Å². The molecule has 0 amide bonds. The predicted octanol–water partition coefficient (Wildman–Crippen LogP) is 3.81. The van der Waals surface area contributed by atoms with E-state index >= 15 is 0 Å². The van der Waals surface area contributed by atoms with Crippen molar-refractivity contribution in [3.8, 4) is 10.6 Å². The van der Waals surface area contributed by atoms with Crippen LogP contribution in [0.5, 0.6) is 0 Å². The lowest BCUT2D eigenvalue weighted by molar-refractivity contribution is 0.327. The summed E-state index contributed by atoms with van der Waals surface area (Å²) in [7, 11) is -3.59. The highest BCUT2D eigenvalue weighted by molar-refractivity contribution is 7.91. The number of nitrogens with one attached hydrogen (secondary N) is 1.